The highest BCUT2D eigenvalue weighted by Gasteiger charge is 2.15. The van der Waals surface area contributed by atoms with Crippen LogP contribution in [0.2, 0.25) is 0 Å². The molecule has 0 radical (unpaired) electrons. The summed E-state index contributed by atoms with van der Waals surface area (Å²) in [5.41, 5.74) is 0.413. The van der Waals surface area contributed by atoms with Crippen molar-refractivity contribution in [3.8, 4) is 0 Å². The Labute approximate surface area is 93.1 Å². The number of hydrogen-bond acceptors (Lipinski definition) is 2. The summed E-state index contributed by atoms with van der Waals surface area (Å²) in [5, 5.41) is 0. The van der Waals surface area contributed by atoms with Crippen molar-refractivity contribution in [3.63, 3.8) is 0 Å². The molecule has 1 heterocycles. The van der Waals surface area contributed by atoms with Gasteiger partial charge in [-0.05, 0) is 12.1 Å². The Morgan fingerprint density at radius 1 is 1.44 bits per heavy atom. The predicted molar refractivity (Wildman–Crippen MR) is 58.0 cm³/mol. The Kier molecular flexibility index (Phi) is 3.31. The molecule has 1 aromatic carbocycles. The smallest absolute Gasteiger partial charge is 0.248 e. The maximum Gasteiger partial charge on any atom is 0.248 e. The van der Waals surface area contributed by atoms with Gasteiger partial charge >= 0.3 is 0 Å². The first-order valence-electron chi connectivity index (χ1n) is 5.06. The molecule has 0 bridgehead atoms. The van der Waals surface area contributed by atoms with Crippen LogP contribution in [0.1, 0.15) is 5.56 Å². The minimum atomic E-state index is -0.329. The summed E-state index contributed by atoms with van der Waals surface area (Å²) < 4.78 is 18.3. The van der Waals surface area contributed by atoms with E-state index in [9.17, 15) is 9.18 Å². The Balaban J connectivity index is 2.03. The zero-order chi connectivity index (χ0) is 11.4. The molecule has 0 unspecified atom stereocenters. The zero-order valence-electron chi connectivity index (χ0n) is 8.73. The van der Waals surface area contributed by atoms with Crippen molar-refractivity contribution in [2.24, 2.45) is 0 Å². The van der Waals surface area contributed by atoms with Crippen molar-refractivity contribution in [3.05, 3.63) is 41.7 Å². The monoisotopic (exact) mass is 221 g/mol. The van der Waals surface area contributed by atoms with Gasteiger partial charge in [0, 0.05) is 18.2 Å². The van der Waals surface area contributed by atoms with Crippen LogP contribution in [0, 0.1) is 5.82 Å². The number of hydrogen-bond donors (Lipinski definition) is 0. The second-order valence-corrected chi connectivity index (χ2v) is 3.49. The van der Waals surface area contributed by atoms with Crippen molar-refractivity contribution in [2.45, 2.75) is 0 Å². The van der Waals surface area contributed by atoms with E-state index in [1.54, 1.807) is 23.1 Å². The third-order valence-corrected chi connectivity index (χ3v) is 2.38. The van der Waals surface area contributed by atoms with Crippen LogP contribution in [0.5, 0.6) is 0 Å². The lowest BCUT2D eigenvalue weighted by molar-refractivity contribution is -0.126. The fourth-order valence-electron chi connectivity index (χ4n) is 1.46. The Bertz CT molecular complexity index is 411. The highest BCUT2D eigenvalue weighted by atomic mass is 19.1. The highest BCUT2D eigenvalue weighted by Crippen LogP contribution is 2.09. The summed E-state index contributed by atoms with van der Waals surface area (Å²) in [6.45, 7) is 1.49. The molecule has 1 aromatic rings. The van der Waals surface area contributed by atoms with Crippen LogP contribution >= 0.6 is 0 Å². The lowest BCUT2D eigenvalue weighted by atomic mass is 10.2. The first kappa shape index (κ1) is 10.8. The number of carbonyl (C=O) groups excluding carboxylic acids is 1. The molecular weight excluding hydrogens is 209 g/mol. The molecule has 1 aliphatic heterocycles. The van der Waals surface area contributed by atoms with Crippen LogP contribution in [-0.2, 0) is 9.53 Å². The summed E-state index contributed by atoms with van der Waals surface area (Å²) in [6, 6.07) is 6.33. The van der Waals surface area contributed by atoms with Crippen molar-refractivity contribution >= 4 is 12.0 Å². The minimum absolute atomic E-state index is 0.152. The van der Waals surface area contributed by atoms with Crippen LogP contribution in [0.25, 0.3) is 6.08 Å². The predicted octanol–water partition coefficient (Wildman–Crippen LogP) is 1.66. The number of benzene rings is 1. The van der Waals surface area contributed by atoms with E-state index in [0.717, 1.165) is 0 Å². The molecule has 1 saturated heterocycles. The summed E-state index contributed by atoms with van der Waals surface area (Å²) in [5.74, 6) is -0.482. The molecule has 84 valence electrons. The van der Waals surface area contributed by atoms with Crippen molar-refractivity contribution in [2.75, 3.05) is 19.9 Å². The Morgan fingerprint density at radius 2 is 2.25 bits per heavy atom. The van der Waals surface area contributed by atoms with E-state index in [1.807, 2.05) is 0 Å². The molecule has 1 fully saturated rings. The normalized spacial score (nSPS) is 15.9. The number of ether oxygens (including phenoxy) is 1. The van der Waals surface area contributed by atoms with Crippen molar-refractivity contribution < 1.29 is 13.9 Å². The first-order valence-corrected chi connectivity index (χ1v) is 5.06. The first-order chi connectivity index (χ1) is 7.77. The molecule has 16 heavy (non-hydrogen) atoms. The summed E-state index contributed by atoms with van der Waals surface area (Å²) >= 11 is 0. The zero-order valence-corrected chi connectivity index (χ0v) is 8.73. The number of nitrogens with zero attached hydrogens (tertiary/aromatic N) is 1. The second kappa shape index (κ2) is 4.90. The fourth-order valence-corrected chi connectivity index (χ4v) is 1.46. The van der Waals surface area contributed by atoms with Crippen LogP contribution in [0.3, 0.4) is 0 Å². The van der Waals surface area contributed by atoms with Crippen molar-refractivity contribution in [1.29, 1.82) is 0 Å². The van der Waals surface area contributed by atoms with Gasteiger partial charge in [0.05, 0.1) is 6.61 Å². The van der Waals surface area contributed by atoms with Gasteiger partial charge in [-0.2, -0.15) is 0 Å². The van der Waals surface area contributed by atoms with Gasteiger partial charge in [-0.3, -0.25) is 4.79 Å². The topological polar surface area (TPSA) is 29.5 Å². The third kappa shape index (κ3) is 2.46. The van der Waals surface area contributed by atoms with Gasteiger partial charge in [0.2, 0.25) is 5.91 Å². The van der Waals surface area contributed by atoms with Crippen molar-refractivity contribution in [1.82, 2.24) is 4.90 Å². The van der Waals surface area contributed by atoms with Gasteiger partial charge in [0.1, 0.15) is 12.5 Å². The third-order valence-electron chi connectivity index (χ3n) is 2.38. The van der Waals surface area contributed by atoms with Gasteiger partial charge in [-0.15, -0.1) is 0 Å². The van der Waals surface area contributed by atoms with E-state index >= 15 is 0 Å². The minimum Gasteiger partial charge on any atom is -0.359 e. The second-order valence-electron chi connectivity index (χ2n) is 3.49. The molecule has 0 atom stereocenters. The Hall–Kier alpha value is -1.68. The molecule has 0 spiro atoms. The summed E-state index contributed by atoms with van der Waals surface area (Å²) in [6.07, 6.45) is 2.85. The standard InChI is InChI=1S/C12H12FNO2/c13-11-4-2-1-3-10(11)5-6-12(15)14-7-8-16-9-14/h1-6H,7-9H2. The molecule has 0 aromatic heterocycles. The largest absolute Gasteiger partial charge is 0.359 e. The van der Waals surface area contributed by atoms with E-state index in [2.05, 4.69) is 0 Å². The number of rotatable bonds is 2. The van der Waals surface area contributed by atoms with Gasteiger partial charge in [0.15, 0.2) is 0 Å². The Morgan fingerprint density at radius 3 is 2.94 bits per heavy atom. The van der Waals surface area contributed by atoms with Gasteiger partial charge in [-0.1, -0.05) is 18.2 Å². The van der Waals surface area contributed by atoms with E-state index in [0.29, 0.717) is 25.4 Å². The summed E-state index contributed by atoms with van der Waals surface area (Å²) in [7, 11) is 0. The lowest BCUT2D eigenvalue weighted by Gasteiger charge is -2.09. The number of carbonyl (C=O) groups is 1. The summed E-state index contributed by atoms with van der Waals surface area (Å²) in [4.78, 5) is 13.1. The number of halogens is 1. The van der Waals surface area contributed by atoms with Crippen LogP contribution in [-0.4, -0.2) is 30.7 Å². The molecule has 0 aliphatic carbocycles. The average Bonchev–Trinajstić information content (AvgIpc) is 2.81. The SMILES string of the molecule is O=C(C=Cc1ccccc1F)N1CCOC1. The van der Waals surface area contributed by atoms with E-state index in [4.69, 9.17) is 4.74 Å². The molecule has 0 N–H and O–H groups in total. The fraction of sp³-hybridized carbons (Fsp3) is 0.250. The van der Waals surface area contributed by atoms with E-state index in [-0.39, 0.29) is 11.7 Å². The molecule has 3 nitrogen and oxygen atoms in total. The quantitative estimate of drug-likeness (QED) is 0.711. The molecule has 1 aliphatic rings. The van der Waals surface area contributed by atoms with Gasteiger partial charge in [0.25, 0.3) is 0 Å². The maximum atomic E-state index is 13.2. The van der Waals surface area contributed by atoms with E-state index in [1.165, 1.54) is 18.2 Å². The molecule has 0 saturated carbocycles. The molecule has 4 heteroatoms. The highest BCUT2D eigenvalue weighted by molar-refractivity contribution is 5.91. The number of amides is 1. The van der Waals surface area contributed by atoms with E-state index < -0.39 is 0 Å². The van der Waals surface area contributed by atoms with Crippen LogP contribution < -0.4 is 0 Å². The average molecular weight is 221 g/mol. The van der Waals surface area contributed by atoms with Gasteiger partial charge in [-0.25, -0.2) is 4.39 Å². The molecule has 2 rings (SSSR count). The van der Waals surface area contributed by atoms with Gasteiger partial charge < -0.3 is 9.64 Å². The van der Waals surface area contributed by atoms with Crippen LogP contribution in [0.15, 0.2) is 30.3 Å². The molecular formula is C12H12FNO2. The lowest BCUT2D eigenvalue weighted by Crippen LogP contribution is -2.26. The van der Waals surface area contributed by atoms with Crippen LogP contribution in [0.4, 0.5) is 4.39 Å². The maximum absolute atomic E-state index is 13.2. The molecule has 1 amide bonds.